The molecule has 0 saturated carbocycles. The molecule has 2 rings (SSSR count). The number of hydrogen-bond donors (Lipinski definition) is 3. The van der Waals surface area contributed by atoms with E-state index in [-0.39, 0.29) is 4.91 Å². The first-order valence-electron chi connectivity index (χ1n) is 6.81. The quantitative estimate of drug-likeness (QED) is 0.581. The zero-order valence-corrected chi connectivity index (χ0v) is 13.8. The predicted molar refractivity (Wildman–Crippen MR) is 95.0 cm³/mol. The molecule has 23 heavy (non-hydrogen) atoms. The Morgan fingerprint density at radius 1 is 1.17 bits per heavy atom. The highest BCUT2D eigenvalue weighted by Crippen LogP contribution is 2.24. The van der Waals surface area contributed by atoms with E-state index >= 15 is 0 Å². The van der Waals surface area contributed by atoms with Crippen molar-refractivity contribution in [2.75, 3.05) is 0 Å². The van der Waals surface area contributed by atoms with Crippen molar-refractivity contribution in [3.05, 3.63) is 70.3 Å². The van der Waals surface area contributed by atoms with Gasteiger partial charge in [-0.1, -0.05) is 42.0 Å². The van der Waals surface area contributed by atoms with Gasteiger partial charge in [-0.25, -0.2) is 4.79 Å². The number of nitrogens with zero attached hydrogens (tertiary/aromatic N) is 1. The summed E-state index contributed by atoms with van der Waals surface area (Å²) in [5.41, 5.74) is 9.95. The van der Waals surface area contributed by atoms with Crippen molar-refractivity contribution in [2.45, 2.75) is 13.8 Å². The summed E-state index contributed by atoms with van der Waals surface area (Å²) in [6.45, 7) is 4.06. The number of aryl methyl sites for hydroxylation is 2. The summed E-state index contributed by atoms with van der Waals surface area (Å²) in [7, 11) is 0. The smallest absolute Gasteiger partial charge is 0.343 e. The largest absolute Gasteiger partial charge is 0.477 e. The summed E-state index contributed by atoms with van der Waals surface area (Å²) in [6.07, 6.45) is 0.922. The first-order valence-corrected chi connectivity index (χ1v) is 7.25. The third-order valence-corrected chi connectivity index (χ3v) is 3.38. The molecule has 0 bridgehead atoms. The van der Waals surface area contributed by atoms with E-state index < -0.39 is 5.97 Å². The Labute approximate surface area is 141 Å². The lowest BCUT2D eigenvalue weighted by Crippen LogP contribution is -1.96. The number of nitriles is 1. The molecule has 0 atom stereocenters. The maximum absolute atomic E-state index is 9.71. The summed E-state index contributed by atoms with van der Waals surface area (Å²) >= 11 is 3.46. The molecule has 0 spiro atoms. The van der Waals surface area contributed by atoms with Gasteiger partial charge in [0.2, 0.25) is 0 Å². The molecule has 4 nitrogen and oxygen atoms in total. The van der Waals surface area contributed by atoms with Gasteiger partial charge in [0.25, 0.3) is 0 Å². The molecule has 0 aromatic heterocycles. The number of carboxylic acid groups (broad SMARTS) is 1. The predicted octanol–water partition coefficient (Wildman–Crippen LogP) is 3.64. The third kappa shape index (κ3) is 5.53. The van der Waals surface area contributed by atoms with E-state index in [2.05, 4.69) is 49.9 Å². The summed E-state index contributed by atoms with van der Waals surface area (Å²) in [5, 5.41) is 17.1. The number of hydrogen-bond acceptors (Lipinski definition) is 4. The van der Waals surface area contributed by atoms with E-state index in [1.165, 1.54) is 5.56 Å². The number of nitrogens with two attached hydrogens (primary N) is 1. The Kier molecular flexibility index (Phi) is 6.91. The average molecular weight is 326 g/mol. The number of carbonyl (C=O) groups is 1. The molecular formula is C18H18N2O2S. The minimum Gasteiger partial charge on any atom is -0.477 e. The summed E-state index contributed by atoms with van der Waals surface area (Å²) in [4.78, 5) is 9.57. The second-order valence-corrected chi connectivity index (χ2v) is 5.37. The van der Waals surface area contributed by atoms with Gasteiger partial charge < -0.3 is 10.8 Å². The van der Waals surface area contributed by atoms with Gasteiger partial charge in [-0.3, -0.25) is 0 Å². The van der Waals surface area contributed by atoms with E-state index in [0.717, 1.165) is 28.5 Å². The second kappa shape index (κ2) is 8.66. The van der Waals surface area contributed by atoms with Crippen molar-refractivity contribution in [3.63, 3.8) is 0 Å². The monoisotopic (exact) mass is 326 g/mol. The number of carboxylic acids is 1. The molecule has 5 heteroatoms. The van der Waals surface area contributed by atoms with Gasteiger partial charge in [-0.15, -0.1) is 12.6 Å². The average Bonchev–Trinajstić information content (AvgIpc) is 2.55. The van der Waals surface area contributed by atoms with Gasteiger partial charge >= 0.3 is 5.97 Å². The van der Waals surface area contributed by atoms with Crippen LogP contribution < -0.4 is 5.73 Å². The maximum atomic E-state index is 9.71. The molecule has 118 valence electrons. The zero-order chi connectivity index (χ0) is 17.4. The van der Waals surface area contributed by atoms with Crippen LogP contribution in [0.2, 0.25) is 0 Å². The summed E-state index contributed by atoms with van der Waals surface area (Å²) in [6, 6.07) is 16.5. The number of thiol groups is 1. The highest BCUT2D eigenvalue weighted by molar-refractivity contribution is 7.85. The second-order valence-electron chi connectivity index (χ2n) is 4.88. The Morgan fingerprint density at radius 3 is 2.17 bits per heavy atom. The molecule has 0 amide bonds. The normalized spacial score (nSPS) is 10.3. The van der Waals surface area contributed by atoms with Gasteiger partial charge in [0.05, 0.1) is 11.6 Å². The molecule has 0 unspecified atom stereocenters. The standard InChI is InChI=1S/C15H13N.C3H5NO2S/c1-11-3-6-13(7-4-11)15-8-5-12(2)9-14(15)10-16;4-1-2(7)3(5)6/h3-9H,1-2H3;1,7H,4H2,(H,5,6)/b;2-1-. The lowest BCUT2D eigenvalue weighted by Gasteiger charge is -2.05. The zero-order valence-electron chi connectivity index (χ0n) is 12.9. The summed E-state index contributed by atoms with van der Waals surface area (Å²) < 4.78 is 0. The van der Waals surface area contributed by atoms with Gasteiger partial charge in [0.1, 0.15) is 4.91 Å². The van der Waals surface area contributed by atoms with Crippen molar-refractivity contribution in [2.24, 2.45) is 5.73 Å². The Hall–Kier alpha value is -2.71. The van der Waals surface area contributed by atoms with Crippen LogP contribution in [0.15, 0.2) is 53.6 Å². The van der Waals surface area contributed by atoms with Gasteiger partial charge in [0.15, 0.2) is 0 Å². The molecule has 0 aliphatic heterocycles. The fraction of sp³-hybridized carbons (Fsp3) is 0.111. The SMILES string of the molecule is Cc1ccc(-c2ccc(C)cc2C#N)cc1.N/C=C(\S)C(=O)O. The van der Waals surface area contributed by atoms with Crippen LogP contribution in [-0.4, -0.2) is 11.1 Å². The van der Waals surface area contributed by atoms with Crippen LogP contribution in [0.1, 0.15) is 16.7 Å². The van der Waals surface area contributed by atoms with Crippen molar-refractivity contribution in [1.82, 2.24) is 0 Å². The molecule has 0 heterocycles. The Morgan fingerprint density at radius 2 is 1.74 bits per heavy atom. The van der Waals surface area contributed by atoms with Crippen molar-refractivity contribution in [3.8, 4) is 17.2 Å². The van der Waals surface area contributed by atoms with Crippen LogP contribution in [0, 0.1) is 25.2 Å². The molecule has 3 N–H and O–H groups in total. The number of rotatable bonds is 2. The van der Waals surface area contributed by atoms with E-state index in [9.17, 15) is 4.79 Å². The molecule has 0 aliphatic carbocycles. The molecule has 0 saturated heterocycles. The van der Waals surface area contributed by atoms with E-state index in [1.807, 2.05) is 25.1 Å². The molecular weight excluding hydrogens is 308 g/mol. The van der Waals surface area contributed by atoms with Crippen molar-refractivity contribution in [1.29, 1.82) is 5.26 Å². The van der Waals surface area contributed by atoms with Crippen LogP contribution in [0.3, 0.4) is 0 Å². The van der Waals surface area contributed by atoms with E-state index in [1.54, 1.807) is 0 Å². The number of benzene rings is 2. The van der Waals surface area contributed by atoms with Gasteiger partial charge in [0, 0.05) is 6.20 Å². The lowest BCUT2D eigenvalue weighted by atomic mass is 9.98. The van der Waals surface area contributed by atoms with Crippen LogP contribution in [0.25, 0.3) is 11.1 Å². The van der Waals surface area contributed by atoms with Gasteiger partial charge in [-0.05, 0) is 36.6 Å². The van der Waals surface area contributed by atoms with E-state index in [0.29, 0.717) is 0 Å². The molecule has 0 fully saturated rings. The third-order valence-electron chi connectivity index (χ3n) is 3.04. The summed E-state index contributed by atoms with van der Waals surface area (Å²) in [5.74, 6) is -1.11. The first-order chi connectivity index (χ1) is 10.9. The van der Waals surface area contributed by atoms with Crippen LogP contribution in [-0.2, 0) is 4.79 Å². The van der Waals surface area contributed by atoms with Gasteiger partial charge in [-0.2, -0.15) is 5.26 Å². The molecule has 0 aliphatic rings. The van der Waals surface area contributed by atoms with Crippen LogP contribution in [0.4, 0.5) is 0 Å². The fourth-order valence-corrected chi connectivity index (χ4v) is 1.81. The topological polar surface area (TPSA) is 87.1 Å². The van der Waals surface area contributed by atoms with Crippen molar-refractivity contribution >= 4 is 18.6 Å². The van der Waals surface area contributed by atoms with Crippen molar-refractivity contribution < 1.29 is 9.90 Å². The Bertz CT molecular complexity index is 760. The minimum atomic E-state index is -1.11. The molecule has 2 aromatic carbocycles. The Balaban J connectivity index is 0.000000322. The highest BCUT2D eigenvalue weighted by atomic mass is 32.1. The highest BCUT2D eigenvalue weighted by Gasteiger charge is 2.04. The number of aliphatic carboxylic acids is 1. The van der Waals surface area contributed by atoms with E-state index in [4.69, 9.17) is 16.1 Å². The van der Waals surface area contributed by atoms with Crippen LogP contribution >= 0.6 is 12.6 Å². The first kappa shape index (κ1) is 18.3. The maximum Gasteiger partial charge on any atom is 0.343 e. The fourth-order valence-electron chi connectivity index (χ4n) is 1.81. The molecule has 0 radical (unpaired) electrons. The lowest BCUT2D eigenvalue weighted by molar-refractivity contribution is -0.131. The van der Waals surface area contributed by atoms with Crippen LogP contribution in [0.5, 0.6) is 0 Å². The minimum absolute atomic E-state index is 0.139. The molecule has 2 aromatic rings.